The number of benzene rings is 2. The van der Waals surface area contributed by atoms with Gasteiger partial charge in [-0.25, -0.2) is 5.43 Å². The van der Waals surface area contributed by atoms with Crippen molar-refractivity contribution in [3.63, 3.8) is 0 Å². The number of anilines is 1. The fourth-order valence-electron chi connectivity index (χ4n) is 2.81. The Hall–Kier alpha value is -3.19. The molecule has 6 nitrogen and oxygen atoms in total. The second-order valence-corrected chi connectivity index (χ2v) is 7.64. The average molecular weight is 407 g/mol. The van der Waals surface area contributed by atoms with Crippen LogP contribution in [0.15, 0.2) is 58.5 Å². The van der Waals surface area contributed by atoms with Crippen LogP contribution in [0.25, 0.3) is 10.9 Å². The van der Waals surface area contributed by atoms with Gasteiger partial charge >= 0.3 is 0 Å². The van der Waals surface area contributed by atoms with Crippen LogP contribution in [-0.2, 0) is 9.59 Å². The second kappa shape index (κ2) is 9.34. The molecule has 2 amide bonds. The van der Waals surface area contributed by atoms with E-state index in [-0.39, 0.29) is 17.6 Å². The first-order chi connectivity index (χ1) is 13.9. The van der Waals surface area contributed by atoms with Crippen molar-refractivity contribution < 1.29 is 9.59 Å². The maximum Gasteiger partial charge on any atom is 0.250 e. The first-order valence-corrected chi connectivity index (χ1v) is 10.1. The molecule has 1 aromatic heterocycles. The number of carbonyl (C=O) groups is 2. The van der Waals surface area contributed by atoms with Gasteiger partial charge in [0, 0.05) is 28.6 Å². The summed E-state index contributed by atoms with van der Waals surface area (Å²) >= 11 is 1.47. The number of nitrogens with one attached hydrogen (secondary N) is 2. The summed E-state index contributed by atoms with van der Waals surface area (Å²) in [7, 11) is 0. The van der Waals surface area contributed by atoms with Crippen LogP contribution in [0.4, 0.5) is 5.69 Å². The average Bonchev–Trinajstić information content (AvgIpc) is 2.68. The van der Waals surface area contributed by atoms with Crippen LogP contribution in [0.3, 0.4) is 0 Å². The smallest absolute Gasteiger partial charge is 0.250 e. The van der Waals surface area contributed by atoms with Gasteiger partial charge in [0.2, 0.25) is 11.8 Å². The minimum Gasteiger partial charge on any atom is -0.326 e. The molecule has 0 saturated heterocycles. The van der Waals surface area contributed by atoms with Gasteiger partial charge in [0.15, 0.2) is 0 Å². The Morgan fingerprint density at radius 1 is 1.14 bits per heavy atom. The van der Waals surface area contributed by atoms with Crippen molar-refractivity contribution in [1.29, 1.82) is 0 Å². The predicted molar refractivity (Wildman–Crippen MR) is 118 cm³/mol. The Labute approximate surface area is 173 Å². The number of fused-ring (bicyclic) bond motifs is 1. The normalized spacial score (nSPS) is 11.0. The summed E-state index contributed by atoms with van der Waals surface area (Å²) in [5.41, 5.74) is 7.09. The molecule has 0 aliphatic carbocycles. The van der Waals surface area contributed by atoms with Gasteiger partial charge in [0.1, 0.15) is 0 Å². The molecule has 148 valence electrons. The van der Waals surface area contributed by atoms with Gasteiger partial charge in [-0.15, -0.1) is 11.8 Å². The molecule has 0 bridgehead atoms. The fourth-order valence-corrected chi connectivity index (χ4v) is 3.74. The van der Waals surface area contributed by atoms with Crippen LogP contribution < -0.4 is 10.7 Å². The number of aryl methyl sites for hydroxylation is 2. The molecule has 0 aliphatic rings. The fraction of sp³-hybridized carbons (Fsp3) is 0.182. The number of carbonyl (C=O) groups excluding carboxylic acids is 2. The molecular weight excluding hydrogens is 384 g/mol. The Balaban J connectivity index is 1.58. The molecule has 1 heterocycles. The third-order valence-corrected chi connectivity index (χ3v) is 5.18. The van der Waals surface area contributed by atoms with Gasteiger partial charge in [-0.3, -0.25) is 14.6 Å². The first-order valence-electron chi connectivity index (χ1n) is 9.12. The van der Waals surface area contributed by atoms with E-state index < -0.39 is 0 Å². The summed E-state index contributed by atoms with van der Waals surface area (Å²) < 4.78 is 0. The first kappa shape index (κ1) is 20.5. The highest BCUT2D eigenvalue weighted by molar-refractivity contribution is 8.00. The molecule has 2 N–H and O–H groups in total. The largest absolute Gasteiger partial charge is 0.326 e. The monoisotopic (exact) mass is 406 g/mol. The lowest BCUT2D eigenvalue weighted by atomic mass is 10.1. The summed E-state index contributed by atoms with van der Waals surface area (Å²) in [6, 6.07) is 15.2. The lowest BCUT2D eigenvalue weighted by Crippen LogP contribution is -2.19. The summed E-state index contributed by atoms with van der Waals surface area (Å²) in [5.74, 6) is -0.0504. The van der Waals surface area contributed by atoms with E-state index in [1.54, 1.807) is 18.3 Å². The number of pyridine rings is 1. The van der Waals surface area contributed by atoms with Gasteiger partial charge < -0.3 is 5.32 Å². The number of hydrogen-bond acceptors (Lipinski definition) is 5. The summed E-state index contributed by atoms with van der Waals surface area (Å²) in [6.45, 7) is 5.45. The van der Waals surface area contributed by atoms with Gasteiger partial charge in [-0.05, 0) is 43.2 Å². The van der Waals surface area contributed by atoms with Crippen molar-refractivity contribution >= 4 is 46.4 Å². The van der Waals surface area contributed by atoms with E-state index >= 15 is 0 Å². The Morgan fingerprint density at radius 3 is 2.62 bits per heavy atom. The standard InChI is InChI=1S/C22H22N4O2S/c1-14-5-4-6-19-20(11-15(2)24-22(14)19)29-13-21(28)26-23-12-17-7-9-18(10-8-17)25-16(3)27/h4-12H,13H2,1-3H3,(H,25,27)(H,26,28)/b23-12-. The third kappa shape index (κ3) is 5.65. The van der Waals surface area contributed by atoms with Crippen molar-refractivity contribution in [2.75, 3.05) is 11.1 Å². The third-order valence-electron chi connectivity index (χ3n) is 4.12. The topological polar surface area (TPSA) is 83.5 Å². The highest BCUT2D eigenvalue weighted by Gasteiger charge is 2.09. The van der Waals surface area contributed by atoms with Crippen LogP contribution in [0.1, 0.15) is 23.7 Å². The van der Waals surface area contributed by atoms with E-state index in [1.807, 2.05) is 50.2 Å². The molecule has 0 unspecified atom stereocenters. The van der Waals surface area contributed by atoms with E-state index in [0.717, 1.165) is 32.6 Å². The van der Waals surface area contributed by atoms with Crippen LogP contribution in [0.5, 0.6) is 0 Å². The van der Waals surface area contributed by atoms with Crippen molar-refractivity contribution in [3.8, 4) is 0 Å². The van der Waals surface area contributed by atoms with E-state index in [4.69, 9.17) is 0 Å². The molecule has 0 saturated carbocycles. The molecule has 3 rings (SSSR count). The maximum absolute atomic E-state index is 12.2. The quantitative estimate of drug-likeness (QED) is 0.367. The molecule has 3 aromatic rings. The summed E-state index contributed by atoms with van der Waals surface area (Å²) in [4.78, 5) is 28.8. The Kier molecular flexibility index (Phi) is 6.61. The lowest BCUT2D eigenvalue weighted by Gasteiger charge is -2.09. The molecule has 0 atom stereocenters. The number of thioether (sulfide) groups is 1. The zero-order valence-corrected chi connectivity index (χ0v) is 17.3. The maximum atomic E-state index is 12.2. The SMILES string of the molecule is CC(=O)Nc1ccc(/C=N\NC(=O)CSc2cc(C)nc3c(C)cccc23)cc1. The second-order valence-electron chi connectivity index (χ2n) is 6.62. The van der Waals surface area contributed by atoms with Crippen molar-refractivity contribution in [2.45, 2.75) is 25.7 Å². The van der Waals surface area contributed by atoms with Gasteiger partial charge in [-0.1, -0.05) is 30.3 Å². The summed E-state index contributed by atoms with van der Waals surface area (Å²) in [6.07, 6.45) is 1.56. The number of para-hydroxylation sites is 1. The van der Waals surface area contributed by atoms with Crippen molar-refractivity contribution in [2.24, 2.45) is 5.10 Å². The zero-order chi connectivity index (χ0) is 20.8. The van der Waals surface area contributed by atoms with Crippen LogP contribution >= 0.6 is 11.8 Å². The lowest BCUT2D eigenvalue weighted by molar-refractivity contribution is -0.118. The van der Waals surface area contributed by atoms with Crippen LogP contribution in [0, 0.1) is 13.8 Å². The van der Waals surface area contributed by atoms with Crippen molar-refractivity contribution in [1.82, 2.24) is 10.4 Å². The molecule has 0 radical (unpaired) electrons. The molecule has 29 heavy (non-hydrogen) atoms. The van der Waals surface area contributed by atoms with Gasteiger partial charge in [0.25, 0.3) is 0 Å². The van der Waals surface area contributed by atoms with E-state index in [0.29, 0.717) is 5.69 Å². The van der Waals surface area contributed by atoms with Gasteiger partial charge in [0.05, 0.1) is 17.5 Å². The molecule has 7 heteroatoms. The Bertz CT molecular complexity index is 1080. The number of rotatable bonds is 6. The number of nitrogens with zero attached hydrogens (tertiary/aromatic N) is 2. The molecular formula is C22H22N4O2S. The molecule has 0 spiro atoms. The van der Waals surface area contributed by atoms with Gasteiger partial charge in [-0.2, -0.15) is 5.10 Å². The Morgan fingerprint density at radius 2 is 1.90 bits per heavy atom. The van der Waals surface area contributed by atoms with E-state index in [9.17, 15) is 9.59 Å². The highest BCUT2D eigenvalue weighted by atomic mass is 32.2. The van der Waals surface area contributed by atoms with E-state index in [1.165, 1.54) is 18.7 Å². The van der Waals surface area contributed by atoms with Crippen molar-refractivity contribution in [3.05, 3.63) is 65.4 Å². The molecule has 0 aliphatic heterocycles. The number of hydrazone groups is 1. The molecule has 2 aromatic carbocycles. The minimum absolute atomic E-state index is 0.122. The van der Waals surface area contributed by atoms with Crippen LogP contribution in [-0.4, -0.2) is 28.8 Å². The number of hydrogen-bond donors (Lipinski definition) is 2. The zero-order valence-electron chi connectivity index (χ0n) is 16.5. The van der Waals surface area contributed by atoms with Crippen LogP contribution in [0.2, 0.25) is 0 Å². The number of amides is 2. The van der Waals surface area contributed by atoms with E-state index in [2.05, 4.69) is 20.8 Å². The summed E-state index contributed by atoms with van der Waals surface area (Å²) in [5, 5.41) is 7.75. The predicted octanol–water partition coefficient (Wildman–Crippen LogP) is 4.05. The highest BCUT2D eigenvalue weighted by Crippen LogP contribution is 2.29. The number of aromatic nitrogens is 1. The minimum atomic E-state index is -0.184. The molecule has 0 fully saturated rings.